The molecule has 1 aromatic rings. The molecule has 0 saturated carbocycles. The third-order valence-electron chi connectivity index (χ3n) is 3.37. The SMILES string of the molecule is CCCCCCOCCCCOS(=O)(=O)c1ccc(C)cc1. The molecule has 0 radical (unpaired) electrons. The van der Waals surface area contributed by atoms with Gasteiger partial charge in [0.1, 0.15) is 0 Å². The van der Waals surface area contributed by atoms with Crippen LogP contribution in [0.25, 0.3) is 0 Å². The molecule has 0 unspecified atom stereocenters. The van der Waals surface area contributed by atoms with Crippen molar-refractivity contribution in [1.29, 1.82) is 0 Å². The normalized spacial score (nSPS) is 11.7. The van der Waals surface area contributed by atoms with Gasteiger partial charge >= 0.3 is 0 Å². The van der Waals surface area contributed by atoms with Crippen LogP contribution in [0.2, 0.25) is 0 Å². The van der Waals surface area contributed by atoms with Gasteiger partial charge in [0, 0.05) is 13.2 Å². The monoisotopic (exact) mass is 328 g/mol. The summed E-state index contributed by atoms with van der Waals surface area (Å²) in [5.74, 6) is 0. The van der Waals surface area contributed by atoms with Gasteiger partial charge < -0.3 is 4.74 Å². The number of benzene rings is 1. The molecule has 0 fully saturated rings. The second-order valence-electron chi connectivity index (χ2n) is 5.47. The van der Waals surface area contributed by atoms with Crippen LogP contribution in [0.3, 0.4) is 0 Å². The molecule has 0 spiro atoms. The average molecular weight is 328 g/mol. The van der Waals surface area contributed by atoms with E-state index in [2.05, 4.69) is 6.92 Å². The van der Waals surface area contributed by atoms with E-state index in [9.17, 15) is 8.42 Å². The summed E-state index contributed by atoms with van der Waals surface area (Å²) in [6, 6.07) is 6.68. The zero-order valence-corrected chi connectivity index (χ0v) is 14.5. The van der Waals surface area contributed by atoms with Crippen molar-refractivity contribution in [3.05, 3.63) is 29.8 Å². The fraction of sp³-hybridized carbons (Fsp3) is 0.647. The molecule has 0 bridgehead atoms. The lowest BCUT2D eigenvalue weighted by Crippen LogP contribution is -2.08. The lowest BCUT2D eigenvalue weighted by Gasteiger charge is -2.06. The molecule has 0 aliphatic rings. The number of unbranched alkanes of at least 4 members (excludes halogenated alkanes) is 4. The Hall–Kier alpha value is -0.910. The predicted octanol–water partition coefficient (Wildman–Crippen LogP) is 4.08. The Morgan fingerprint density at radius 1 is 0.864 bits per heavy atom. The molecule has 126 valence electrons. The average Bonchev–Trinajstić information content (AvgIpc) is 2.49. The first-order valence-electron chi connectivity index (χ1n) is 8.10. The molecule has 4 nitrogen and oxygen atoms in total. The van der Waals surface area contributed by atoms with Crippen molar-refractivity contribution < 1.29 is 17.3 Å². The van der Waals surface area contributed by atoms with Gasteiger partial charge in [-0.3, -0.25) is 4.18 Å². The Bertz CT molecular complexity index is 494. The third-order valence-corrected chi connectivity index (χ3v) is 4.70. The molecule has 1 aromatic carbocycles. The molecule has 0 aromatic heterocycles. The summed E-state index contributed by atoms with van der Waals surface area (Å²) in [6.07, 6.45) is 6.30. The van der Waals surface area contributed by atoms with E-state index in [1.807, 2.05) is 6.92 Å². The third kappa shape index (κ3) is 7.92. The van der Waals surface area contributed by atoms with E-state index in [1.165, 1.54) is 19.3 Å². The summed E-state index contributed by atoms with van der Waals surface area (Å²) in [5, 5.41) is 0. The van der Waals surface area contributed by atoms with Crippen LogP contribution in [0.15, 0.2) is 29.2 Å². The maximum atomic E-state index is 11.9. The maximum Gasteiger partial charge on any atom is 0.296 e. The molecule has 0 amide bonds. The van der Waals surface area contributed by atoms with Crippen molar-refractivity contribution in [1.82, 2.24) is 0 Å². The van der Waals surface area contributed by atoms with Gasteiger partial charge in [-0.1, -0.05) is 43.9 Å². The van der Waals surface area contributed by atoms with Crippen LogP contribution in [0.4, 0.5) is 0 Å². The van der Waals surface area contributed by atoms with Crippen LogP contribution in [-0.2, 0) is 19.0 Å². The van der Waals surface area contributed by atoms with Gasteiger partial charge in [-0.2, -0.15) is 8.42 Å². The number of ether oxygens (including phenoxy) is 1. The van der Waals surface area contributed by atoms with Crippen molar-refractivity contribution in [2.45, 2.75) is 57.3 Å². The van der Waals surface area contributed by atoms with Crippen LogP contribution in [0.5, 0.6) is 0 Å². The Balaban J connectivity index is 2.10. The lowest BCUT2D eigenvalue weighted by atomic mass is 10.2. The van der Waals surface area contributed by atoms with Crippen LogP contribution in [0, 0.1) is 6.92 Å². The summed E-state index contributed by atoms with van der Waals surface area (Å²) >= 11 is 0. The zero-order chi connectivity index (χ0) is 16.3. The Labute approximate surface area is 135 Å². The molecule has 0 heterocycles. The van der Waals surface area contributed by atoms with E-state index < -0.39 is 10.1 Å². The summed E-state index contributed by atoms with van der Waals surface area (Å²) in [7, 11) is -3.63. The fourth-order valence-corrected chi connectivity index (χ4v) is 2.92. The highest BCUT2D eigenvalue weighted by atomic mass is 32.2. The number of aryl methyl sites for hydroxylation is 1. The van der Waals surface area contributed by atoms with E-state index in [0.29, 0.717) is 13.0 Å². The summed E-state index contributed by atoms with van der Waals surface area (Å²) < 4.78 is 34.4. The van der Waals surface area contributed by atoms with E-state index >= 15 is 0 Å². The van der Waals surface area contributed by atoms with Gasteiger partial charge in [-0.15, -0.1) is 0 Å². The van der Waals surface area contributed by atoms with E-state index in [-0.39, 0.29) is 11.5 Å². The van der Waals surface area contributed by atoms with Crippen LogP contribution in [0.1, 0.15) is 51.0 Å². The van der Waals surface area contributed by atoms with Gasteiger partial charge in [-0.25, -0.2) is 0 Å². The highest BCUT2D eigenvalue weighted by Crippen LogP contribution is 2.13. The molecule has 0 saturated heterocycles. The molecule has 0 N–H and O–H groups in total. The van der Waals surface area contributed by atoms with Crippen molar-refractivity contribution in [3.8, 4) is 0 Å². The van der Waals surface area contributed by atoms with Crippen LogP contribution in [-0.4, -0.2) is 28.2 Å². The molecule has 0 atom stereocenters. The molecule has 5 heteroatoms. The minimum Gasteiger partial charge on any atom is -0.381 e. The first kappa shape index (κ1) is 19.1. The highest BCUT2D eigenvalue weighted by molar-refractivity contribution is 7.86. The largest absolute Gasteiger partial charge is 0.381 e. The van der Waals surface area contributed by atoms with Gasteiger partial charge in [0.15, 0.2) is 0 Å². The van der Waals surface area contributed by atoms with Crippen molar-refractivity contribution in [3.63, 3.8) is 0 Å². The van der Waals surface area contributed by atoms with Gasteiger partial charge in [0.25, 0.3) is 10.1 Å². The first-order chi connectivity index (χ1) is 10.6. The summed E-state index contributed by atoms with van der Waals surface area (Å²) in [5.41, 5.74) is 1.02. The number of rotatable bonds is 12. The van der Waals surface area contributed by atoms with Gasteiger partial charge in [0.2, 0.25) is 0 Å². The smallest absolute Gasteiger partial charge is 0.296 e. The molecular weight excluding hydrogens is 300 g/mol. The topological polar surface area (TPSA) is 52.6 Å². The number of hydrogen-bond donors (Lipinski definition) is 0. The predicted molar refractivity (Wildman–Crippen MR) is 88.5 cm³/mol. The minimum absolute atomic E-state index is 0.204. The Kier molecular flexibility index (Phi) is 9.36. The van der Waals surface area contributed by atoms with Crippen LogP contribution >= 0.6 is 0 Å². The standard InChI is InChI=1S/C17H28O4S/c1-3-4-5-6-13-20-14-7-8-15-21-22(18,19)17-11-9-16(2)10-12-17/h9-12H,3-8,13-15H2,1-2H3. The quantitative estimate of drug-likeness (QED) is 0.428. The zero-order valence-electron chi connectivity index (χ0n) is 13.7. The van der Waals surface area contributed by atoms with Crippen molar-refractivity contribution in [2.24, 2.45) is 0 Å². The van der Waals surface area contributed by atoms with Crippen molar-refractivity contribution in [2.75, 3.05) is 19.8 Å². The molecule has 1 rings (SSSR count). The van der Waals surface area contributed by atoms with E-state index in [0.717, 1.165) is 25.0 Å². The van der Waals surface area contributed by atoms with Gasteiger partial charge in [-0.05, 0) is 38.3 Å². The molecular formula is C17H28O4S. The van der Waals surface area contributed by atoms with Crippen LogP contribution < -0.4 is 0 Å². The Morgan fingerprint density at radius 3 is 2.09 bits per heavy atom. The lowest BCUT2D eigenvalue weighted by molar-refractivity contribution is 0.123. The highest BCUT2D eigenvalue weighted by Gasteiger charge is 2.14. The minimum atomic E-state index is -3.63. The van der Waals surface area contributed by atoms with Gasteiger partial charge in [0.05, 0.1) is 11.5 Å². The summed E-state index contributed by atoms with van der Waals surface area (Å²) in [6.45, 7) is 5.77. The molecule has 22 heavy (non-hydrogen) atoms. The van der Waals surface area contributed by atoms with E-state index in [1.54, 1.807) is 24.3 Å². The number of hydrogen-bond acceptors (Lipinski definition) is 4. The van der Waals surface area contributed by atoms with Crippen molar-refractivity contribution >= 4 is 10.1 Å². The summed E-state index contributed by atoms with van der Waals surface area (Å²) in [4.78, 5) is 0.213. The second-order valence-corrected chi connectivity index (χ2v) is 7.08. The second kappa shape index (κ2) is 10.8. The maximum absolute atomic E-state index is 11.9. The first-order valence-corrected chi connectivity index (χ1v) is 9.51. The molecule has 0 aliphatic heterocycles. The van der Waals surface area contributed by atoms with E-state index in [4.69, 9.17) is 8.92 Å². The Morgan fingerprint density at radius 2 is 1.45 bits per heavy atom. The molecule has 0 aliphatic carbocycles. The fourth-order valence-electron chi connectivity index (χ4n) is 1.98.